The number of piperidine rings is 1. The smallest absolute Gasteiger partial charge is 0.219 e. The van der Waals surface area contributed by atoms with Gasteiger partial charge in [0.25, 0.3) is 0 Å². The summed E-state index contributed by atoms with van der Waals surface area (Å²) in [5.41, 5.74) is 2.81. The number of rotatable bonds is 6. The van der Waals surface area contributed by atoms with Gasteiger partial charge in [-0.15, -0.1) is 0 Å². The highest BCUT2D eigenvalue weighted by atomic mass is 16.5. The van der Waals surface area contributed by atoms with Crippen molar-refractivity contribution < 1.29 is 9.53 Å². The van der Waals surface area contributed by atoms with Gasteiger partial charge in [0.05, 0.1) is 6.10 Å². The first-order chi connectivity index (χ1) is 12.1. The highest BCUT2D eigenvalue weighted by molar-refractivity contribution is 5.73. The molecule has 0 radical (unpaired) electrons. The monoisotopic (exact) mass is 344 g/mol. The van der Waals surface area contributed by atoms with Crippen LogP contribution < -0.4 is 0 Å². The summed E-state index contributed by atoms with van der Waals surface area (Å²) in [5, 5.41) is 0. The van der Waals surface area contributed by atoms with Gasteiger partial charge in [0.1, 0.15) is 0 Å². The molecular formula is C21H32N2O2. The van der Waals surface area contributed by atoms with E-state index in [2.05, 4.69) is 36.1 Å². The molecule has 2 saturated heterocycles. The van der Waals surface area contributed by atoms with Gasteiger partial charge >= 0.3 is 0 Å². The van der Waals surface area contributed by atoms with Crippen LogP contribution in [0.5, 0.6) is 0 Å². The van der Waals surface area contributed by atoms with Gasteiger partial charge in [-0.3, -0.25) is 9.69 Å². The maximum absolute atomic E-state index is 12.0. The highest BCUT2D eigenvalue weighted by Gasteiger charge is 2.25. The van der Waals surface area contributed by atoms with Crippen LogP contribution in [0.1, 0.15) is 43.7 Å². The lowest BCUT2D eigenvalue weighted by Crippen LogP contribution is -2.42. The molecule has 1 aromatic carbocycles. The van der Waals surface area contributed by atoms with E-state index in [-0.39, 0.29) is 12.0 Å². The first-order valence-corrected chi connectivity index (χ1v) is 9.76. The van der Waals surface area contributed by atoms with E-state index in [1.165, 1.54) is 24.0 Å². The minimum absolute atomic E-state index is 0.192. The summed E-state index contributed by atoms with van der Waals surface area (Å²) >= 11 is 0. The second-order valence-corrected chi connectivity index (χ2v) is 7.71. The average molecular weight is 344 g/mol. The minimum atomic E-state index is 0.192. The molecule has 0 aliphatic carbocycles. The molecule has 0 bridgehead atoms. The molecule has 2 aliphatic rings. The van der Waals surface area contributed by atoms with E-state index in [1.54, 1.807) is 6.92 Å². The SMILES string of the molecule is CC(=O)N(CC1CCN(Cc2ccccc2C)CC1)CC1CCCO1. The number of carbonyl (C=O) groups is 1. The van der Waals surface area contributed by atoms with Gasteiger partial charge in [-0.25, -0.2) is 0 Å². The fourth-order valence-electron chi connectivity index (χ4n) is 4.03. The molecule has 3 rings (SSSR count). The van der Waals surface area contributed by atoms with Crippen molar-refractivity contribution in [2.24, 2.45) is 5.92 Å². The number of hydrogen-bond donors (Lipinski definition) is 0. The van der Waals surface area contributed by atoms with Crippen LogP contribution in [0.15, 0.2) is 24.3 Å². The van der Waals surface area contributed by atoms with Crippen LogP contribution in [-0.2, 0) is 16.1 Å². The Hall–Kier alpha value is -1.39. The van der Waals surface area contributed by atoms with E-state index in [4.69, 9.17) is 4.74 Å². The Morgan fingerprint density at radius 3 is 2.60 bits per heavy atom. The van der Waals surface area contributed by atoms with Crippen molar-refractivity contribution in [1.82, 2.24) is 9.80 Å². The van der Waals surface area contributed by atoms with Gasteiger partial charge in [-0.05, 0) is 62.7 Å². The molecule has 4 heteroatoms. The lowest BCUT2D eigenvalue weighted by atomic mass is 9.95. The van der Waals surface area contributed by atoms with Crippen molar-refractivity contribution >= 4 is 5.91 Å². The topological polar surface area (TPSA) is 32.8 Å². The zero-order chi connectivity index (χ0) is 17.6. The Balaban J connectivity index is 1.46. The number of benzene rings is 1. The summed E-state index contributed by atoms with van der Waals surface area (Å²) in [5.74, 6) is 0.816. The van der Waals surface area contributed by atoms with E-state index >= 15 is 0 Å². The number of amides is 1. The van der Waals surface area contributed by atoms with Crippen molar-refractivity contribution in [3.8, 4) is 0 Å². The molecule has 1 aromatic rings. The van der Waals surface area contributed by atoms with Crippen LogP contribution in [0, 0.1) is 12.8 Å². The Kier molecular flexibility index (Phi) is 6.49. The number of aryl methyl sites for hydroxylation is 1. The molecule has 0 aromatic heterocycles. The maximum Gasteiger partial charge on any atom is 0.219 e. The summed E-state index contributed by atoms with van der Waals surface area (Å²) in [6.45, 7) is 9.72. The molecule has 2 aliphatic heterocycles. The summed E-state index contributed by atoms with van der Waals surface area (Å²) in [6.07, 6.45) is 4.85. The standard InChI is InChI=1S/C21H32N2O2/c1-17-6-3-4-7-20(17)15-22-11-9-19(10-12-22)14-23(18(2)24)16-21-8-5-13-25-21/h3-4,6-7,19,21H,5,8-16H2,1-2H3. The maximum atomic E-state index is 12.0. The number of ether oxygens (including phenoxy) is 1. The Bertz CT molecular complexity index is 561. The molecular weight excluding hydrogens is 312 g/mol. The molecule has 4 nitrogen and oxygen atoms in total. The molecule has 25 heavy (non-hydrogen) atoms. The number of carbonyl (C=O) groups excluding carboxylic acids is 1. The van der Waals surface area contributed by atoms with Gasteiger partial charge in [0, 0.05) is 33.2 Å². The molecule has 0 saturated carbocycles. The van der Waals surface area contributed by atoms with Crippen molar-refractivity contribution in [2.45, 2.75) is 52.2 Å². The second kappa shape index (κ2) is 8.81. The van der Waals surface area contributed by atoms with Crippen molar-refractivity contribution in [2.75, 3.05) is 32.8 Å². The molecule has 0 spiro atoms. The lowest BCUT2D eigenvalue weighted by molar-refractivity contribution is -0.131. The summed E-state index contributed by atoms with van der Waals surface area (Å²) in [6, 6.07) is 8.67. The molecule has 1 amide bonds. The number of likely N-dealkylation sites (tertiary alicyclic amines) is 1. The molecule has 2 fully saturated rings. The molecule has 0 N–H and O–H groups in total. The lowest BCUT2D eigenvalue weighted by Gasteiger charge is -2.35. The van der Waals surface area contributed by atoms with E-state index in [1.807, 2.05) is 4.90 Å². The van der Waals surface area contributed by atoms with Crippen LogP contribution in [0.25, 0.3) is 0 Å². The Labute approximate surface area is 152 Å². The highest BCUT2D eigenvalue weighted by Crippen LogP contribution is 2.22. The van der Waals surface area contributed by atoms with Crippen LogP contribution in [0.3, 0.4) is 0 Å². The van der Waals surface area contributed by atoms with Gasteiger partial charge in [-0.2, -0.15) is 0 Å². The zero-order valence-electron chi connectivity index (χ0n) is 15.7. The van der Waals surface area contributed by atoms with E-state index in [9.17, 15) is 4.79 Å². The quantitative estimate of drug-likeness (QED) is 0.794. The fraction of sp³-hybridized carbons (Fsp3) is 0.667. The van der Waals surface area contributed by atoms with E-state index < -0.39 is 0 Å². The average Bonchev–Trinajstić information content (AvgIpc) is 3.11. The molecule has 2 heterocycles. The fourth-order valence-corrected chi connectivity index (χ4v) is 4.03. The van der Waals surface area contributed by atoms with Crippen molar-refractivity contribution in [1.29, 1.82) is 0 Å². The zero-order valence-corrected chi connectivity index (χ0v) is 15.7. The van der Waals surface area contributed by atoms with Crippen LogP contribution in [0.4, 0.5) is 0 Å². The van der Waals surface area contributed by atoms with E-state index in [0.29, 0.717) is 5.92 Å². The van der Waals surface area contributed by atoms with Gasteiger partial charge in [0.15, 0.2) is 0 Å². The van der Waals surface area contributed by atoms with Gasteiger partial charge in [0.2, 0.25) is 5.91 Å². The molecule has 1 atom stereocenters. The van der Waals surface area contributed by atoms with Crippen LogP contribution in [-0.4, -0.2) is 54.6 Å². The first kappa shape index (κ1) is 18.4. The third-order valence-corrected chi connectivity index (χ3v) is 5.73. The number of hydrogen-bond acceptors (Lipinski definition) is 3. The van der Waals surface area contributed by atoms with Gasteiger partial charge in [-0.1, -0.05) is 24.3 Å². The van der Waals surface area contributed by atoms with Crippen molar-refractivity contribution in [3.05, 3.63) is 35.4 Å². The van der Waals surface area contributed by atoms with Crippen LogP contribution >= 0.6 is 0 Å². The first-order valence-electron chi connectivity index (χ1n) is 9.76. The number of nitrogens with zero attached hydrogens (tertiary/aromatic N) is 2. The summed E-state index contributed by atoms with van der Waals surface area (Å²) in [7, 11) is 0. The predicted octanol–water partition coefficient (Wildman–Crippen LogP) is 3.23. The van der Waals surface area contributed by atoms with Gasteiger partial charge < -0.3 is 9.64 Å². The molecule has 1 unspecified atom stereocenters. The third kappa shape index (κ3) is 5.29. The second-order valence-electron chi connectivity index (χ2n) is 7.71. The molecule has 138 valence electrons. The Morgan fingerprint density at radius 1 is 1.20 bits per heavy atom. The predicted molar refractivity (Wildman–Crippen MR) is 100 cm³/mol. The Morgan fingerprint density at radius 2 is 1.96 bits per heavy atom. The largest absolute Gasteiger partial charge is 0.376 e. The summed E-state index contributed by atoms with van der Waals surface area (Å²) < 4.78 is 5.72. The van der Waals surface area contributed by atoms with Crippen LogP contribution in [0.2, 0.25) is 0 Å². The van der Waals surface area contributed by atoms with Crippen molar-refractivity contribution in [3.63, 3.8) is 0 Å². The summed E-state index contributed by atoms with van der Waals surface area (Å²) in [4.78, 5) is 16.6. The van der Waals surface area contributed by atoms with E-state index in [0.717, 1.165) is 52.2 Å². The minimum Gasteiger partial charge on any atom is -0.376 e. The normalized spacial score (nSPS) is 22.2. The third-order valence-electron chi connectivity index (χ3n) is 5.73.